The fraction of sp³-hybridized carbons (Fsp3) is 0.167. The number of hydrogen-bond donors (Lipinski definition) is 1. The molecule has 0 spiro atoms. The molecule has 0 aromatic heterocycles. The molecule has 4 nitrogen and oxygen atoms in total. The van der Waals surface area contributed by atoms with Crippen LogP contribution in [-0.4, -0.2) is 28.8 Å². The number of ether oxygens (including phenoxy) is 1. The molecule has 0 aliphatic rings. The molecule has 0 radical (unpaired) electrons. The highest BCUT2D eigenvalue weighted by molar-refractivity contribution is 8.13. The Morgan fingerprint density at radius 2 is 1.62 bits per heavy atom. The van der Waals surface area contributed by atoms with E-state index in [9.17, 15) is 22.7 Å². The zero-order chi connectivity index (χ0) is 27.8. The van der Waals surface area contributed by atoms with E-state index in [0.29, 0.717) is 36.1 Å². The predicted molar refractivity (Wildman–Crippen MR) is 146 cm³/mol. The van der Waals surface area contributed by atoms with E-state index in [1.165, 1.54) is 36.0 Å². The van der Waals surface area contributed by atoms with Crippen molar-refractivity contribution in [3.63, 3.8) is 0 Å². The van der Waals surface area contributed by atoms with Crippen molar-refractivity contribution < 1.29 is 27.4 Å². The number of amidine groups is 1. The van der Waals surface area contributed by atoms with Gasteiger partial charge in [-0.15, -0.1) is 0 Å². The summed E-state index contributed by atoms with van der Waals surface area (Å²) in [6.45, 7) is 0.837. The van der Waals surface area contributed by atoms with Gasteiger partial charge in [-0.1, -0.05) is 42.1 Å². The Hall–Kier alpha value is -3.98. The maximum Gasteiger partial charge on any atom is 0.416 e. The minimum atomic E-state index is -4.45. The number of nitrogens with zero attached hydrogens (tertiary/aromatic N) is 2. The summed E-state index contributed by atoms with van der Waals surface area (Å²) in [6, 6.07) is 25.1. The number of phenols is 1. The fourth-order valence-electron chi connectivity index (χ4n) is 3.80. The van der Waals surface area contributed by atoms with Crippen molar-refractivity contribution in [2.24, 2.45) is 4.99 Å². The van der Waals surface area contributed by atoms with Crippen LogP contribution >= 0.6 is 11.8 Å². The quantitative estimate of drug-likeness (QED) is 0.104. The molecule has 202 valence electrons. The van der Waals surface area contributed by atoms with Crippen LogP contribution in [0.3, 0.4) is 0 Å². The van der Waals surface area contributed by atoms with Gasteiger partial charge in [0.05, 0.1) is 18.4 Å². The van der Waals surface area contributed by atoms with Gasteiger partial charge in [-0.05, 0) is 84.3 Å². The topological polar surface area (TPSA) is 45.1 Å². The van der Waals surface area contributed by atoms with Crippen LogP contribution in [0.25, 0.3) is 0 Å². The third-order valence-electron chi connectivity index (χ3n) is 5.81. The number of aromatic hydroxyl groups is 1. The van der Waals surface area contributed by atoms with Crippen LogP contribution in [0.2, 0.25) is 0 Å². The molecule has 0 amide bonds. The van der Waals surface area contributed by atoms with Crippen molar-refractivity contribution in [2.75, 3.05) is 13.7 Å². The third kappa shape index (κ3) is 8.25. The Morgan fingerprint density at radius 3 is 2.28 bits per heavy atom. The van der Waals surface area contributed by atoms with Crippen molar-refractivity contribution in [3.8, 4) is 11.5 Å². The molecule has 0 fully saturated rings. The van der Waals surface area contributed by atoms with Crippen LogP contribution < -0.4 is 4.74 Å². The lowest BCUT2D eigenvalue weighted by molar-refractivity contribution is -0.137. The highest BCUT2D eigenvalue weighted by Gasteiger charge is 2.30. The molecule has 39 heavy (non-hydrogen) atoms. The molecule has 0 saturated carbocycles. The molecule has 0 saturated heterocycles. The number of thioether (sulfide) groups is 1. The van der Waals surface area contributed by atoms with Crippen LogP contribution in [0.1, 0.15) is 16.7 Å². The Morgan fingerprint density at radius 1 is 0.897 bits per heavy atom. The number of hydrogen-bond acceptors (Lipinski definition) is 4. The Labute approximate surface area is 228 Å². The van der Waals surface area contributed by atoms with Crippen molar-refractivity contribution in [1.29, 1.82) is 0 Å². The van der Waals surface area contributed by atoms with Crippen LogP contribution in [0.4, 0.5) is 23.2 Å². The summed E-state index contributed by atoms with van der Waals surface area (Å²) in [7, 11) is 1.57. The molecule has 0 aliphatic carbocycles. The molecule has 0 heterocycles. The smallest absolute Gasteiger partial charge is 0.416 e. The Balaban J connectivity index is 1.72. The van der Waals surface area contributed by atoms with Gasteiger partial charge in [-0.3, -0.25) is 0 Å². The summed E-state index contributed by atoms with van der Waals surface area (Å²) < 4.78 is 58.2. The van der Waals surface area contributed by atoms with Gasteiger partial charge in [0.15, 0.2) is 5.17 Å². The number of methoxy groups -OCH3 is 1. The molecule has 4 aromatic rings. The van der Waals surface area contributed by atoms with Gasteiger partial charge >= 0.3 is 6.18 Å². The SMILES string of the molecule is COc1cccc(SC(=Nc2ccc(C(F)(F)F)cc2)N(CCc2ccc(F)cc2)Cc2cccc(O)c2)c1. The van der Waals surface area contributed by atoms with Crippen molar-refractivity contribution >= 4 is 22.6 Å². The number of aliphatic imine (C=N–C) groups is 1. The zero-order valence-electron chi connectivity index (χ0n) is 21.0. The molecular formula is C30H26F4N2O2S. The predicted octanol–water partition coefficient (Wildman–Crippen LogP) is 8.08. The second kappa shape index (κ2) is 12.7. The Kier molecular flexibility index (Phi) is 9.14. The first kappa shape index (κ1) is 28.0. The summed E-state index contributed by atoms with van der Waals surface area (Å²) in [5.41, 5.74) is 1.34. The Bertz CT molecular complexity index is 1410. The van der Waals surface area contributed by atoms with Crippen LogP contribution in [-0.2, 0) is 19.1 Å². The first-order valence-corrected chi connectivity index (χ1v) is 12.9. The van der Waals surface area contributed by atoms with Gasteiger partial charge in [-0.25, -0.2) is 9.38 Å². The molecule has 0 unspecified atom stereocenters. The molecule has 9 heteroatoms. The van der Waals surface area contributed by atoms with Crippen molar-refractivity contribution in [1.82, 2.24) is 4.90 Å². The van der Waals surface area contributed by atoms with Gasteiger partial charge in [0.2, 0.25) is 0 Å². The summed E-state index contributed by atoms with van der Waals surface area (Å²) >= 11 is 1.34. The standard InChI is InChI=1S/C30H26F4N2O2S/c1-38-27-6-3-7-28(19-27)39-29(35-25-14-10-23(11-15-25)30(32,33)34)36(20-22-4-2-5-26(37)18-22)17-16-21-8-12-24(31)13-9-21/h2-15,18-19,37H,16-17,20H2,1H3. The second-order valence-corrected chi connectivity index (χ2v) is 9.73. The maximum absolute atomic E-state index is 13.5. The fourth-order valence-corrected chi connectivity index (χ4v) is 4.76. The number of alkyl halides is 3. The highest BCUT2D eigenvalue weighted by Crippen LogP contribution is 2.32. The molecule has 0 atom stereocenters. The van der Waals surface area contributed by atoms with Gasteiger partial charge in [0.1, 0.15) is 17.3 Å². The minimum absolute atomic E-state index is 0.118. The zero-order valence-corrected chi connectivity index (χ0v) is 21.8. The van der Waals surface area contributed by atoms with Crippen molar-refractivity contribution in [3.05, 3.63) is 120 Å². The van der Waals surface area contributed by atoms with Crippen LogP contribution in [0.15, 0.2) is 107 Å². The number of halogens is 4. The van der Waals surface area contributed by atoms with E-state index in [1.54, 1.807) is 37.4 Å². The van der Waals surface area contributed by atoms with E-state index in [-0.39, 0.29) is 11.6 Å². The highest BCUT2D eigenvalue weighted by atomic mass is 32.2. The van der Waals surface area contributed by atoms with E-state index < -0.39 is 11.7 Å². The van der Waals surface area contributed by atoms with E-state index in [4.69, 9.17) is 9.73 Å². The lowest BCUT2D eigenvalue weighted by Gasteiger charge is -2.26. The van der Waals surface area contributed by atoms with Crippen molar-refractivity contribution in [2.45, 2.75) is 24.0 Å². The van der Waals surface area contributed by atoms with Gasteiger partial charge in [-0.2, -0.15) is 13.2 Å². The van der Waals surface area contributed by atoms with Gasteiger partial charge < -0.3 is 14.7 Å². The second-order valence-electron chi connectivity index (χ2n) is 8.69. The number of phenolic OH excluding ortho intramolecular Hbond substituents is 1. The van der Waals surface area contributed by atoms with E-state index in [1.807, 2.05) is 35.2 Å². The summed E-state index contributed by atoms with van der Waals surface area (Å²) in [5.74, 6) is 0.445. The number of rotatable bonds is 8. The normalized spacial score (nSPS) is 11.9. The number of benzene rings is 4. The molecule has 0 aliphatic heterocycles. The molecule has 0 bridgehead atoms. The molecule has 1 N–H and O–H groups in total. The van der Waals surface area contributed by atoms with Gasteiger partial charge in [0, 0.05) is 18.0 Å². The monoisotopic (exact) mass is 554 g/mol. The lowest BCUT2D eigenvalue weighted by atomic mass is 10.1. The van der Waals surface area contributed by atoms with Gasteiger partial charge in [0.25, 0.3) is 0 Å². The average Bonchev–Trinajstić information content (AvgIpc) is 2.91. The minimum Gasteiger partial charge on any atom is -0.508 e. The molecular weight excluding hydrogens is 528 g/mol. The van der Waals surface area contributed by atoms with E-state index in [0.717, 1.165) is 28.2 Å². The van der Waals surface area contributed by atoms with E-state index in [2.05, 4.69) is 0 Å². The first-order valence-electron chi connectivity index (χ1n) is 12.0. The lowest BCUT2D eigenvalue weighted by Crippen LogP contribution is -2.30. The van der Waals surface area contributed by atoms with Crippen LogP contribution in [0.5, 0.6) is 11.5 Å². The summed E-state index contributed by atoms with van der Waals surface area (Å²) in [5, 5.41) is 10.6. The largest absolute Gasteiger partial charge is 0.508 e. The summed E-state index contributed by atoms with van der Waals surface area (Å²) in [4.78, 5) is 7.56. The average molecular weight is 555 g/mol. The van der Waals surface area contributed by atoms with Crippen LogP contribution in [0, 0.1) is 5.82 Å². The maximum atomic E-state index is 13.5. The third-order valence-corrected chi connectivity index (χ3v) is 6.83. The van der Waals surface area contributed by atoms with E-state index >= 15 is 0 Å². The molecule has 4 rings (SSSR count). The molecule has 4 aromatic carbocycles. The first-order chi connectivity index (χ1) is 18.7. The summed E-state index contributed by atoms with van der Waals surface area (Å²) in [6.07, 6.45) is -3.89.